The first-order valence-corrected chi connectivity index (χ1v) is 6.27. The molecule has 1 N–H and O–H groups in total. The summed E-state index contributed by atoms with van der Waals surface area (Å²) in [6.45, 7) is 0.224. The molecule has 2 aromatic rings. The first kappa shape index (κ1) is 12.4. The molecule has 1 aliphatic rings. The number of imidazole rings is 1. The van der Waals surface area contributed by atoms with Crippen LogP contribution in [0.4, 0.5) is 5.69 Å². The van der Waals surface area contributed by atoms with E-state index in [9.17, 15) is 9.59 Å². The van der Waals surface area contributed by atoms with E-state index in [0.717, 1.165) is 5.69 Å². The number of carbonyl (C=O) groups excluding carboxylic acids is 1. The van der Waals surface area contributed by atoms with Crippen molar-refractivity contribution in [1.82, 2.24) is 9.55 Å². The van der Waals surface area contributed by atoms with Crippen molar-refractivity contribution in [2.75, 3.05) is 11.4 Å². The van der Waals surface area contributed by atoms with E-state index >= 15 is 0 Å². The van der Waals surface area contributed by atoms with Crippen LogP contribution in [0, 0.1) is 5.92 Å². The highest BCUT2D eigenvalue weighted by molar-refractivity contribution is 5.99. The molecule has 2 heterocycles. The molecule has 0 spiro atoms. The van der Waals surface area contributed by atoms with Crippen molar-refractivity contribution in [1.29, 1.82) is 0 Å². The average molecular weight is 271 g/mol. The fraction of sp³-hybridized carbons (Fsp3) is 0.214. The molecule has 1 aromatic carbocycles. The van der Waals surface area contributed by atoms with E-state index < -0.39 is 11.9 Å². The highest BCUT2D eigenvalue weighted by Gasteiger charge is 2.35. The highest BCUT2D eigenvalue weighted by atomic mass is 16.4. The second-order valence-electron chi connectivity index (χ2n) is 4.73. The molecule has 6 nitrogen and oxygen atoms in total. The molecule has 1 fully saturated rings. The van der Waals surface area contributed by atoms with Gasteiger partial charge in [0.2, 0.25) is 5.91 Å². The maximum absolute atomic E-state index is 11.9. The second-order valence-corrected chi connectivity index (χ2v) is 4.73. The monoisotopic (exact) mass is 271 g/mol. The summed E-state index contributed by atoms with van der Waals surface area (Å²) < 4.78 is 1.83. The number of carbonyl (C=O) groups is 2. The van der Waals surface area contributed by atoms with Crippen LogP contribution in [0.5, 0.6) is 0 Å². The van der Waals surface area contributed by atoms with Gasteiger partial charge in [0.15, 0.2) is 0 Å². The van der Waals surface area contributed by atoms with Crippen molar-refractivity contribution < 1.29 is 14.7 Å². The Morgan fingerprint density at radius 1 is 1.35 bits per heavy atom. The van der Waals surface area contributed by atoms with E-state index in [1.54, 1.807) is 12.5 Å². The van der Waals surface area contributed by atoms with Crippen LogP contribution >= 0.6 is 0 Å². The number of anilines is 1. The van der Waals surface area contributed by atoms with E-state index in [1.165, 1.54) is 4.90 Å². The SMILES string of the molecule is O=C(O)C1CC(=O)N(c2cccc(-n3ccnc3)c2)C1. The molecule has 0 bridgehead atoms. The third kappa shape index (κ3) is 2.16. The van der Waals surface area contributed by atoms with Crippen LogP contribution in [0.3, 0.4) is 0 Å². The van der Waals surface area contributed by atoms with Gasteiger partial charge in [-0.2, -0.15) is 0 Å². The van der Waals surface area contributed by atoms with Crippen molar-refractivity contribution in [3.05, 3.63) is 43.0 Å². The molecule has 0 aliphatic carbocycles. The number of amides is 1. The lowest BCUT2D eigenvalue weighted by Crippen LogP contribution is -2.25. The Kier molecular flexibility index (Phi) is 2.98. The summed E-state index contributed by atoms with van der Waals surface area (Å²) in [6, 6.07) is 7.40. The molecule has 1 amide bonds. The molecule has 3 rings (SSSR count). The molecule has 6 heteroatoms. The van der Waals surface area contributed by atoms with Crippen molar-refractivity contribution in [3.63, 3.8) is 0 Å². The zero-order valence-corrected chi connectivity index (χ0v) is 10.6. The topological polar surface area (TPSA) is 75.4 Å². The summed E-state index contributed by atoms with van der Waals surface area (Å²) >= 11 is 0. The van der Waals surface area contributed by atoms with Gasteiger partial charge in [-0.3, -0.25) is 9.59 Å². The van der Waals surface area contributed by atoms with Gasteiger partial charge < -0.3 is 14.6 Å². The Hall–Kier alpha value is -2.63. The molecule has 1 aromatic heterocycles. The fourth-order valence-electron chi connectivity index (χ4n) is 2.36. The summed E-state index contributed by atoms with van der Waals surface area (Å²) in [7, 11) is 0. The number of nitrogens with zero attached hydrogens (tertiary/aromatic N) is 3. The van der Waals surface area contributed by atoms with Gasteiger partial charge in [0.1, 0.15) is 0 Å². The average Bonchev–Trinajstić information content (AvgIpc) is 3.08. The molecule has 20 heavy (non-hydrogen) atoms. The van der Waals surface area contributed by atoms with Crippen molar-refractivity contribution in [2.45, 2.75) is 6.42 Å². The van der Waals surface area contributed by atoms with Crippen LogP contribution in [-0.4, -0.2) is 33.1 Å². The van der Waals surface area contributed by atoms with Gasteiger partial charge >= 0.3 is 5.97 Å². The molecule has 102 valence electrons. The van der Waals surface area contributed by atoms with Gasteiger partial charge in [0.25, 0.3) is 0 Å². The first-order chi connectivity index (χ1) is 9.65. The quantitative estimate of drug-likeness (QED) is 0.913. The Morgan fingerprint density at radius 3 is 2.80 bits per heavy atom. The summed E-state index contributed by atoms with van der Waals surface area (Å²) in [5.74, 6) is -1.70. The van der Waals surface area contributed by atoms with Gasteiger partial charge in [-0.1, -0.05) is 6.07 Å². The summed E-state index contributed by atoms with van der Waals surface area (Å²) in [4.78, 5) is 28.4. The van der Waals surface area contributed by atoms with Crippen LogP contribution < -0.4 is 4.90 Å². The van der Waals surface area contributed by atoms with Crippen LogP contribution in [0.25, 0.3) is 5.69 Å². The Morgan fingerprint density at radius 2 is 2.15 bits per heavy atom. The molecule has 1 atom stereocenters. The predicted octanol–water partition coefficient (Wildman–Crippen LogP) is 1.31. The largest absolute Gasteiger partial charge is 0.481 e. The number of rotatable bonds is 3. The number of hydrogen-bond donors (Lipinski definition) is 1. The summed E-state index contributed by atoms with van der Waals surface area (Å²) in [5, 5.41) is 9.01. The van der Waals surface area contributed by atoms with Gasteiger partial charge in [-0.25, -0.2) is 4.98 Å². The number of hydrogen-bond acceptors (Lipinski definition) is 3. The smallest absolute Gasteiger partial charge is 0.308 e. The van der Waals surface area contributed by atoms with E-state index in [4.69, 9.17) is 5.11 Å². The van der Waals surface area contributed by atoms with E-state index in [2.05, 4.69) is 4.98 Å². The van der Waals surface area contributed by atoms with E-state index in [0.29, 0.717) is 5.69 Å². The molecule has 1 saturated heterocycles. The van der Waals surface area contributed by atoms with E-state index in [1.807, 2.05) is 35.0 Å². The number of carboxylic acid groups (broad SMARTS) is 1. The zero-order chi connectivity index (χ0) is 14.1. The maximum Gasteiger partial charge on any atom is 0.308 e. The highest BCUT2D eigenvalue weighted by Crippen LogP contribution is 2.26. The van der Waals surface area contributed by atoms with Crippen molar-refractivity contribution >= 4 is 17.6 Å². The Labute approximate surface area is 115 Å². The lowest BCUT2D eigenvalue weighted by atomic mass is 10.1. The maximum atomic E-state index is 11.9. The minimum atomic E-state index is -0.924. The second kappa shape index (κ2) is 4.80. The molecule has 0 saturated carbocycles. The first-order valence-electron chi connectivity index (χ1n) is 6.27. The van der Waals surface area contributed by atoms with Crippen molar-refractivity contribution in [2.24, 2.45) is 5.92 Å². The normalized spacial score (nSPS) is 18.5. The summed E-state index contributed by atoms with van der Waals surface area (Å²) in [5.41, 5.74) is 1.59. The van der Waals surface area contributed by atoms with Gasteiger partial charge in [0.05, 0.1) is 12.2 Å². The van der Waals surface area contributed by atoms with Crippen LogP contribution in [0.2, 0.25) is 0 Å². The number of carboxylic acids is 1. The minimum Gasteiger partial charge on any atom is -0.481 e. The Bertz CT molecular complexity index is 651. The number of benzene rings is 1. The van der Waals surface area contributed by atoms with Crippen LogP contribution in [0.1, 0.15) is 6.42 Å². The number of aliphatic carboxylic acids is 1. The Balaban J connectivity index is 1.90. The van der Waals surface area contributed by atoms with E-state index in [-0.39, 0.29) is 18.9 Å². The van der Waals surface area contributed by atoms with Crippen molar-refractivity contribution in [3.8, 4) is 5.69 Å². The standard InChI is InChI=1S/C14H13N3O3/c18-13-6-10(14(19)20)8-17(13)12-3-1-2-11(7-12)16-5-4-15-9-16/h1-5,7,9-10H,6,8H2,(H,19,20). The summed E-state index contributed by atoms with van der Waals surface area (Å²) in [6.07, 6.45) is 5.22. The third-order valence-corrected chi connectivity index (χ3v) is 3.42. The third-order valence-electron chi connectivity index (χ3n) is 3.42. The minimum absolute atomic E-state index is 0.0602. The molecular weight excluding hydrogens is 258 g/mol. The van der Waals surface area contributed by atoms with Crippen LogP contribution in [0.15, 0.2) is 43.0 Å². The predicted molar refractivity (Wildman–Crippen MR) is 71.7 cm³/mol. The molecule has 0 radical (unpaired) electrons. The molecule has 1 aliphatic heterocycles. The lowest BCUT2D eigenvalue weighted by molar-refractivity contribution is -0.141. The molecule has 1 unspecified atom stereocenters. The fourth-order valence-corrected chi connectivity index (χ4v) is 2.36. The van der Waals surface area contributed by atoms with Gasteiger partial charge in [-0.05, 0) is 18.2 Å². The molecular formula is C14H13N3O3. The van der Waals surface area contributed by atoms with Gasteiger partial charge in [0, 0.05) is 36.7 Å². The van der Waals surface area contributed by atoms with Gasteiger partial charge in [-0.15, -0.1) is 0 Å². The lowest BCUT2D eigenvalue weighted by Gasteiger charge is -2.17. The van der Waals surface area contributed by atoms with Crippen LogP contribution in [-0.2, 0) is 9.59 Å². The number of aromatic nitrogens is 2. The zero-order valence-electron chi connectivity index (χ0n) is 10.6.